The minimum absolute atomic E-state index is 0. The number of halogens is 6. The van der Waals surface area contributed by atoms with Gasteiger partial charge in [-0.05, 0) is 11.6 Å². The van der Waals surface area contributed by atoms with Crippen molar-refractivity contribution in [1.82, 2.24) is 0 Å². The molecule has 0 heterocycles. The van der Waals surface area contributed by atoms with Crippen LogP contribution < -0.4 is 5.73 Å². The van der Waals surface area contributed by atoms with Gasteiger partial charge in [-0.25, -0.2) is 0 Å². The Morgan fingerprint density at radius 3 is 1.80 bits per heavy atom. The maximum atomic E-state index is 12.3. The van der Waals surface area contributed by atoms with Crippen LogP contribution in [0, 0.1) is 0 Å². The van der Waals surface area contributed by atoms with Gasteiger partial charge in [0.1, 0.15) is 4.90 Å². The van der Waals surface area contributed by atoms with Crippen molar-refractivity contribution in [2.45, 2.75) is 11.4 Å². The zero-order valence-electron chi connectivity index (χ0n) is 7.30. The Hall–Kier alpha value is -0.530. The van der Waals surface area contributed by atoms with Crippen molar-refractivity contribution in [3.63, 3.8) is 0 Å². The molecule has 1 rings (SSSR count). The molecule has 2 N–H and O–H groups in total. The Morgan fingerprint density at radius 2 is 1.47 bits per heavy atom. The van der Waals surface area contributed by atoms with Crippen LogP contribution >= 0.6 is 22.6 Å². The average molecular weight is 270 g/mol. The minimum atomic E-state index is -9.58. The van der Waals surface area contributed by atoms with Gasteiger partial charge in [0.2, 0.25) is 0 Å². The zero-order chi connectivity index (χ0) is 11.1. The second-order valence-electron chi connectivity index (χ2n) is 2.78. The van der Waals surface area contributed by atoms with Crippen molar-refractivity contribution in [3.8, 4) is 0 Å². The summed E-state index contributed by atoms with van der Waals surface area (Å²) in [5, 5.41) is 0. The Labute approximate surface area is 89.6 Å². The van der Waals surface area contributed by atoms with Crippen molar-refractivity contribution >= 4 is 22.6 Å². The van der Waals surface area contributed by atoms with E-state index in [1.807, 2.05) is 0 Å². The Balaban J connectivity index is 0.00000196. The van der Waals surface area contributed by atoms with Gasteiger partial charge in [-0.15, -0.1) is 12.4 Å². The predicted molar refractivity (Wildman–Crippen MR) is 53.0 cm³/mol. The summed E-state index contributed by atoms with van der Waals surface area (Å²) in [4.78, 5) is -1.89. The average Bonchev–Trinajstić information content (AvgIpc) is 2.00. The van der Waals surface area contributed by atoms with Crippen molar-refractivity contribution in [3.05, 3.63) is 29.8 Å². The highest BCUT2D eigenvalue weighted by Crippen LogP contribution is 3.02. The van der Waals surface area contributed by atoms with Crippen LogP contribution in [0.2, 0.25) is 0 Å². The molecule has 0 unspecified atom stereocenters. The molecule has 1 nitrogen and oxygen atoms in total. The molecule has 0 saturated heterocycles. The van der Waals surface area contributed by atoms with E-state index in [0.29, 0.717) is 6.07 Å². The van der Waals surface area contributed by atoms with E-state index < -0.39 is 27.2 Å². The van der Waals surface area contributed by atoms with Crippen LogP contribution in [0.3, 0.4) is 0 Å². The molecule has 15 heavy (non-hydrogen) atoms. The standard InChI is InChI=1S/C7H8F5NS.ClH/c8-14(9,10,11,12)7-4-2-1-3-6(7)5-13;/h1-4H,5,13H2;1H. The van der Waals surface area contributed by atoms with E-state index in [1.54, 1.807) is 0 Å². The quantitative estimate of drug-likeness (QED) is 0.799. The summed E-state index contributed by atoms with van der Waals surface area (Å²) in [5.74, 6) is 0. The lowest BCUT2D eigenvalue weighted by atomic mass is 10.2. The third-order valence-electron chi connectivity index (χ3n) is 1.61. The van der Waals surface area contributed by atoms with E-state index in [2.05, 4.69) is 0 Å². The Morgan fingerprint density at radius 1 is 1.00 bits per heavy atom. The highest BCUT2D eigenvalue weighted by atomic mass is 35.5. The van der Waals surface area contributed by atoms with Crippen LogP contribution in [-0.2, 0) is 6.54 Å². The van der Waals surface area contributed by atoms with Gasteiger partial charge in [-0.3, -0.25) is 0 Å². The smallest absolute Gasteiger partial charge is 0.310 e. The molecule has 1 aromatic carbocycles. The van der Waals surface area contributed by atoms with Crippen LogP contribution in [0.1, 0.15) is 5.56 Å². The minimum Gasteiger partial charge on any atom is -0.326 e. The Kier molecular flexibility index (Phi) is 3.11. The molecule has 0 aliphatic heterocycles. The van der Waals surface area contributed by atoms with Gasteiger partial charge in [0.05, 0.1) is 0 Å². The monoisotopic (exact) mass is 269 g/mol. The third kappa shape index (κ3) is 3.51. The predicted octanol–water partition coefficient (Wildman–Crippen LogP) is 4.22. The molecular formula is C7H9ClF5NS. The maximum Gasteiger partial charge on any atom is 0.310 e. The topological polar surface area (TPSA) is 26.0 Å². The van der Waals surface area contributed by atoms with Gasteiger partial charge in [0.25, 0.3) is 0 Å². The molecule has 0 atom stereocenters. The van der Waals surface area contributed by atoms with Gasteiger partial charge in [0.15, 0.2) is 0 Å². The van der Waals surface area contributed by atoms with Crippen molar-refractivity contribution in [2.75, 3.05) is 0 Å². The molecule has 0 fully saturated rings. The lowest BCUT2D eigenvalue weighted by molar-refractivity contribution is 0.362. The lowest BCUT2D eigenvalue weighted by Gasteiger charge is -2.41. The molecule has 0 amide bonds. The fourth-order valence-electron chi connectivity index (χ4n) is 1.05. The second-order valence-corrected chi connectivity index (χ2v) is 5.16. The van der Waals surface area contributed by atoms with Crippen molar-refractivity contribution in [2.24, 2.45) is 5.73 Å². The number of nitrogens with two attached hydrogens (primary N) is 1. The van der Waals surface area contributed by atoms with E-state index >= 15 is 0 Å². The summed E-state index contributed by atoms with van der Waals surface area (Å²) in [6.07, 6.45) is 0. The van der Waals surface area contributed by atoms with E-state index in [4.69, 9.17) is 5.73 Å². The summed E-state index contributed by atoms with van der Waals surface area (Å²) in [5.41, 5.74) is 4.36. The summed E-state index contributed by atoms with van der Waals surface area (Å²) < 4.78 is 61.7. The van der Waals surface area contributed by atoms with Gasteiger partial charge in [-0.1, -0.05) is 37.6 Å². The molecular weight excluding hydrogens is 261 g/mol. The van der Waals surface area contributed by atoms with Crippen LogP contribution in [0.25, 0.3) is 0 Å². The Bertz CT molecular complexity index is 362. The molecule has 0 aliphatic rings. The van der Waals surface area contributed by atoms with Crippen LogP contribution in [0.5, 0.6) is 0 Å². The number of hydrogen-bond acceptors (Lipinski definition) is 1. The van der Waals surface area contributed by atoms with Crippen LogP contribution in [0.4, 0.5) is 19.4 Å². The highest BCUT2D eigenvalue weighted by molar-refractivity contribution is 8.45. The number of benzene rings is 1. The van der Waals surface area contributed by atoms with Crippen LogP contribution in [-0.4, -0.2) is 0 Å². The first-order chi connectivity index (χ1) is 6.04. The second kappa shape index (κ2) is 3.23. The molecule has 0 aromatic heterocycles. The first-order valence-electron chi connectivity index (χ1n) is 3.56. The van der Waals surface area contributed by atoms with E-state index in [0.717, 1.165) is 12.1 Å². The first kappa shape index (κ1) is 14.5. The third-order valence-corrected chi connectivity index (χ3v) is 2.84. The molecule has 8 heteroatoms. The first-order valence-corrected chi connectivity index (χ1v) is 5.52. The van der Waals surface area contributed by atoms with Crippen LogP contribution in [0.15, 0.2) is 29.2 Å². The molecule has 0 spiro atoms. The summed E-state index contributed by atoms with van der Waals surface area (Å²) in [7, 11) is -9.58. The highest BCUT2D eigenvalue weighted by Gasteiger charge is 2.66. The molecule has 1 aromatic rings. The maximum absolute atomic E-state index is 12.3. The zero-order valence-corrected chi connectivity index (χ0v) is 8.93. The van der Waals surface area contributed by atoms with Gasteiger partial charge in [-0.2, -0.15) is 0 Å². The molecule has 90 valence electrons. The lowest BCUT2D eigenvalue weighted by Crippen LogP contribution is -2.11. The fourth-order valence-corrected chi connectivity index (χ4v) is 2.03. The fraction of sp³-hybridized carbons (Fsp3) is 0.143. The molecule has 0 aliphatic carbocycles. The van der Waals surface area contributed by atoms with E-state index in [1.165, 1.54) is 6.07 Å². The number of rotatable bonds is 2. The largest absolute Gasteiger partial charge is 0.326 e. The number of hydrogen-bond donors (Lipinski definition) is 1. The summed E-state index contributed by atoms with van der Waals surface area (Å²) in [6.45, 7) is -0.568. The summed E-state index contributed by atoms with van der Waals surface area (Å²) >= 11 is 0. The normalized spacial score (nSPS) is 16.1. The van der Waals surface area contributed by atoms with Gasteiger partial charge in [0, 0.05) is 6.54 Å². The van der Waals surface area contributed by atoms with Crippen molar-refractivity contribution in [1.29, 1.82) is 0 Å². The molecule has 0 bridgehead atoms. The molecule has 0 saturated carbocycles. The SMILES string of the molecule is Cl.NCc1ccccc1S(F)(F)(F)(F)F. The summed E-state index contributed by atoms with van der Waals surface area (Å²) in [6, 6.07) is 3.43. The van der Waals surface area contributed by atoms with E-state index in [-0.39, 0.29) is 12.4 Å². The van der Waals surface area contributed by atoms with Gasteiger partial charge >= 0.3 is 10.2 Å². The van der Waals surface area contributed by atoms with Gasteiger partial charge < -0.3 is 5.73 Å². The van der Waals surface area contributed by atoms with E-state index in [9.17, 15) is 19.4 Å². The van der Waals surface area contributed by atoms with Crippen molar-refractivity contribution < 1.29 is 19.4 Å². The molecule has 0 radical (unpaired) electrons.